The van der Waals surface area contributed by atoms with Crippen molar-refractivity contribution in [1.82, 2.24) is 4.98 Å². The van der Waals surface area contributed by atoms with Gasteiger partial charge in [0.15, 0.2) is 11.6 Å². The molecule has 0 fully saturated rings. The van der Waals surface area contributed by atoms with Gasteiger partial charge in [0.1, 0.15) is 11.4 Å². The van der Waals surface area contributed by atoms with E-state index in [-0.39, 0.29) is 11.6 Å². The number of Topliss-reactive ketones (excluding diaryl/α,β-unsaturated/α-hetero) is 2. The van der Waals surface area contributed by atoms with Crippen molar-refractivity contribution in [2.24, 2.45) is 42.1 Å². The maximum Gasteiger partial charge on any atom is 0.186 e. The summed E-state index contributed by atoms with van der Waals surface area (Å²) in [5.41, 5.74) is 6.50. The second-order valence-corrected chi connectivity index (χ2v) is 19.6. The predicted octanol–water partition coefficient (Wildman–Crippen LogP) is 14.7. The Bertz CT molecular complexity index is 2120. The number of hydrogen-bond donors (Lipinski definition) is 0. The number of ketones is 2. The highest BCUT2D eigenvalue weighted by Crippen LogP contribution is 2.43. The molecule has 9 heteroatoms. The molecule has 2 aliphatic rings. The Morgan fingerprint density at radius 1 is 0.509 bits per heavy atom. The monoisotopic (exact) mass is 801 g/mol. The normalized spacial score (nSPS) is 15.9. The van der Waals surface area contributed by atoms with Gasteiger partial charge in [-0.25, -0.2) is 0 Å². The summed E-state index contributed by atoms with van der Waals surface area (Å²) in [5, 5.41) is 20.3. The van der Waals surface area contributed by atoms with E-state index in [9.17, 15) is 9.59 Å². The molecule has 0 radical (unpaired) electrons. The lowest BCUT2D eigenvalue weighted by Gasteiger charge is -2.31. The van der Waals surface area contributed by atoms with E-state index in [1.807, 2.05) is 126 Å². The first kappa shape index (κ1) is 43.3. The van der Waals surface area contributed by atoms with Crippen LogP contribution in [0.4, 0.5) is 11.4 Å². The summed E-state index contributed by atoms with van der Waals surface area (Å²) in [5.74, 6) is 0.0266. The second-order valence-electron chi connectivity index (χ2n) is 18.7. The van der Waals surface area contributed by atoms with Crippen molar-refractivity contribution in [3.8, 4) is 0 Å². The number of halogens is 2. The van der Waals surface area contributed by atoms with E-state index < -0.39 is 21.7 Å². The number of azo groups is 2. The number of rotatable bonds is 6. The molecule has 0 spiro atoms. The maximum absolute atomic E-state index is 14.0. The minimum absolute atomic E-state index is 0.00925. The Kier molecular flexibility index (Phi) is 12.3. The van der Waals surface area contributed by atoms with Crippen LogP contribution in [0.5, 0.6) is 0 Å². The number of benzene rings is 2. The SMILES string of the molecule is Cc1cc(C(N=Nc2ccc(Cl)cc2)=C2C=C(C(C)(C)C)C(=O)C(C(C)(C)C)=C2)cc(C(N=Nc2ccc(Cl)cc2)=C2C=C(C(C)(C)C)C(=O)C(C(C)(C)C)=C2)n1. The molecule has 0 N–H and O–H groups in total. The van der Waals surface area contributed by atoms with Crippen LogP contribution in [0.15, 0.2) is 139 Å². The number of carbonyl (C=O) groups is 2. The van der Waals surface area contributed by atoms with Crippen LogP contribution in [0.25, 0.3) is 11.4 Å². The van der Waals surface area contributed by atoms with Gasteiger partial charge in [0.2, 0.25) is 0 Å². The summed E-state index contributed by atoms with van der Waals surface area (Å²) in [6.45, 7) is 26.4. The zero-order valence-electron chi connectivity index (χ0n) is 35.4. The number of pyridine rings is 1. The fraction of sp³-hybridized carbons (Fsp3) is 0.354. The van der Waals surface area contributed by atoms with E-state index in [1.54, 1.807) is 48.5 Å². The van der Waals surface area contributed by atoms with Crippen LogP contribution < -0.4 is 0 Å². The molecule has 1 aromatic heterocycles. The van der Waals surface area contributed by atoms with E-state index in [2.05, 4.69) is 10.2 Å². The molecule has 0 amide bonds. The molecule has 1 heterocycles. The van der Waals surface area contributed by atoms with Crippen LogP contribution in [-0.2, 0) is 9.59 Å². The largest absolute Gasteiger partial charge is 0.289 e. The summed E-state index contributed by atoms with van der Waals surface area (Å²) in [6.07, 6.45) is 7.71. The molecule has 2 aliphatic carbocycles. The minimum Gasteiger partial charge on any atom is -0.289 e. The summed E-state index contributed by atoms with van der Waals surface area (Å²) < 4.78 is 0. The third-order valence-corrected chi connectivity index (χ3v) is 10.1. The first-order valence-electron chi connectivity index (χ1n) is 19.1. The van der Waals surface area contributed by atoms with E-state index in [1.165, 1.54) is 0 Å². The van der Waals surface area contributed by atoms with Gasteiger partial charge in [-0.2, -0.15) is 10.2 Å². The summed E-state index contributed by atoms with van der Waals surface area (Å²) >= 11 is 12.4. The average molecular weight is 803 g/mol. The Morgan fingerprint density at radius 2 is 0.842 bits per heavy atom. The zero-order valence-corrected chi connectivity index (χ0v) is 36.9. The highest BCUT2D eigenvalue weighted by atomic mass is 35.5. The van der Waals surface area contributed by atoms with Crippen LogP contribution >= 0.6 is 23.2 Å². The highest BCUT2D eigenvalue weighted by molar-refractivity contribution is 6.30. The van der Waals surface area contributed by atoms with Crippen molar-refractivity contribution >= 4 is 57.5 Å². The van der Waals surface area contributed by atoms with E-state index in [0.717, 1.165) is 5.57 Å². The molecule has 3 aromatic rings. The van der Waals surface area contributed by atoms with Crippen molar-refractivity contribution in [2.45, 2.75) is 90.0 Å². The van der Waals surface area contributed by atoms with Crippen LogP contribution in [0.3, 0.4) is 0 Å². The van der Waals surface area contributed by atoms with Gasteiger partial charge in [-0.15, -0.1) is 10.2 Å². The molecule has 5 rings (SSSR count). The minimum atomic E-state index is -0.455. The fourth-order valence-corrected chi connectivity index (χ4v) is 6.71. The lowest BCUT2D eigenvalue weighted by molar-refractivity contribution is -0.114. The molecule has 57 heavy (non-hydrogen) atoms. The first-order valence-corrected chi connectivity index (χ1v) is 19.9. The van der Waals surface area contributed by atoms with Gasteiger partial charge in [0.05, 0.1) is 17.1 Å². The number of carbonyl (C=O) groups excluding carboxylic acids is 2. The number of allylic oxidation sites excluding steroid dienone is 10. The molecule has 0 saturated carbocycles. The van der Waals surface area contributed by atoms with Gasteiger partial charge >= 0.3 is 0 Å². The van der Waals surface area contributed by atoms with Crippen molar-refractivity contribution in [1.29, 1.82) is 0 Å². The van der Waals surface area contributed by atoms with Crippen molar-refractivity contribution in [2.75, 3.05) is 0 Å². The molecule has 7 nitrogen and oxygen atoms in total. The molecule has 0 aliphatic heterocycles. The second kappa shape index (κ2) is 16.2. The number of hydrogen-bond acceptors (Lipinski definition) is 7. The zero-order chi connectivity index (χ0) is 42.2. The lowest BCUT2D eigenvalue weighted by Crippen LogP contribution is -2.28. The van der Waals surface area contributed by atoms with E-state index in [4.69, 9.17) is 38.4 Å². The summed E-state index contributed by atoms with van der Waals surface area (Å²) in [6, 6.07) is 18.1. The Balaban J connectivity index is 1.89. The third-order valence-electron chi connectivity index (χ3n) is 9.61. The molecular formula is C48H53Cl2N5O2. The smallest absolute Gasteiger partial charge is 0.186 e. The molecule has 0 atom stereocenters. The van der Waals surface area contributed by atoms with Crippen LogP contribution in [0.2, 0.25) is 10.0 Å². The van der Waals surface area contributed by atoms with Gasteiger partial charge in [-0.05, 0) is 114 Å². The quantitative estimate of drug-likeness (QED) is 0.232. The number of aryl methyl sites for hydroxylation is 1. The molecule has 0 bridgehead atoms. The molecular weight excluding hydrogens is 749 g/mol. The van der Waals surface area contributed by atoms with Gasteiger partial charge in [0, 0.05) is 54.7 Å². The molecule has 0 saturated heterocycles. The third kappa shape index (κ3) is 10.4. The number of aromatic nitrogens is 1. The Labute approximate surface area is 348 Å². The average Bonchev–Trinajstić information content (AvgIpc) is 3.09. The van der Waals surface area contributed by atoms with Gasteiger partial charge < -0.3 is 0 Å². The van der Waals surface area contributed by atoms with E-state index in [0.29, 0.717) is 77.6 Å². The summed E-state index contributed by atoms with van der Waals surface area (Å²) in [7, 11) is 0. The van der Waals surface area contributed by atoms with Crippen LogP contribution in [-0.4, -0.2) is 16.6 Å². The topological polar surface area (TPSA) is 96.5 Å². The molecule has 2 aromatic carbocycles. The maximum atomic E-state index is 14.0. The molecule has 296 valence electrons. The fourth-order valence-electron chi connectivity index (χ4n) is 6.46. The van der Waals surface area contributed by atoms with Gasteiger partial charge in [0.25, 0.3) is 0 Å². The lowest BCUT2D eigenvalue weighted by atomic mass is 9.71. The highest BCUT2D eigenvalue weighted by Gasteiger charge is 2.36. The van der Waals surface area contributed by atoms with Gasteiger partial charge in [-0.3, -0.25) is 14.6 Å². The van der Waals surface area contributed by atoms with Gasteiger partial charge in [-0.1, -0.05) is 106 Å². The standard InChI is InChI=1S/C48H53Cl2N5O2/c1-28-22-29(41(54-52-34-18-14-32(49)15-19-34)30-23-36(45(2,3)4)43(56)37(24-30)46(5,6)7)27-40(51-28)42(55-53-35-20-16-33(50)17-21-35)31-25-38(47(8,9)10)44(57)39(26-31)48(11,12)13/h14-27H,1-13H3. The van der Waals surface area contributed by atoms with Crippen molar-refractivity contribution < 1.29 is 9.59 Å². The Morgan fingerprint density at radius 3 is 1.19 bits per heavy atom. The first-order chi connectivity index (χ1) is 26.3. The van der Waals surface area contributed by atoms with Crippen LogP contribution in [0, 0.1) is 28.6 Å². The van der Waals surface area contributed by atoms with Crippen molar-refractivity contribution in [3.63, 3.8) is 0 Å². The van der Waals surface area contributed by atoms with E-state index >= 15 is 0 Å². The molecule has 0 unspecified atom stereocenters. The summed E-state index contributed by atoms with van der Waals surface area (Å²) in [4.78, 5) is 33.1. The predicted molar refractivity (Wildman–Crippen MR) is 235 cm³/mol. The van der Waals surface area contributed by atoms with Crippen molar-refractivity contribution in [3.05, 3.63) is 145 Å². The van der Waals surface area contributed by atoms with Crippen LogP contribution in [0.1, 0.15) is 100 Å². The number of nitrogens with zero attached hydrogens (tertiary/aromatic N) is 5. The Hall–Kier alpha value is -4.85.